The summed E-state index contributed by atoms with van der Waals surface area (Å²) < 4.78 is 63.5. The first kappa shape index (κ1) is 15.9. The van der Waals surface area contributed by atoms with E-state index in [9.17, 15) is 16.8 Å². The van der Waals surface area contributed by atoms with Crippen LogP contribution in [0.2, 0.25) is 0 Å². The lowest BCUT2D eigenvalue weighted by Gasteiger charge is -2.09. The van der Waals surface area contributed by atoms with Crippen LogP contribution in [0.15, 0.2) is 29.4 Å². The van der Waals surface area contributed by atoms with Gasteiger partial charge in [-0.05, 0) is 31.5 Å². The Labute approximate surface area is 121 Å². The van der Waals surface area contributed by atoms with E-state index in [1.165, 1.54) is 31.5 Å². The summed E-state index contributed by atoms with van der Waals surface area (Å²) in [6.45, 7) is 1.69. The van der Waals surface area contributed by atoms with Crippen LogP contribution in [-0.2, 0) is 26.8 Å². The molecule has 1 heterocycles. The van der Waals surface area contributed by atoms with Gasteiger partial charge >= 0.3 is 0 Å². The summed E-state index contributed by atoms with van der Waals surface area (Å²) in [6.07, 6.45) is 1.62. The van der Waals surface area contributed by atoms with Gasteiger partial charge in [0.15, 0.2) is 0 Å². The van der Waals surface area contributed by atoms with E-state index in [1.54, 1.807) is 4.57 Å². The summed E-state index contributed by atoms with van der Waals surface area (Å²) in [4.78, 5) is 3.75. The van der Waals surface area contributed by atoms with Crippen LogP contribution in [-0.4, -0.2) is 40.7 Å². The van der Waals surface area contributed by atoms with Crippen LogP contribution < -0.4 is 0 Å². The molecule has 10 heteroatoms. The first-order valence-corrected chi connectivity index (χ1v) is 8.92. The number of nitrogens with zero attached hydrogens (tertiary/aromatic N) is 2. The fourth-order valence-corrected chi connectivity index (χ4v) is 2.76. The van der Waals surface area contributed by atoms with Gasteiger partial charge in [-0.3, -0.25) is 9.11 Å². The van der Waals surface area contributed by atoms with Crippen LogP contribution in [0, 0.1) is 0 Å². The number of hydrogen-bond acceptors (Lipinski definition) is 5. The quantitative estimate of drug-likeness (QED) is 0.779. The highest BCUT2D eigenvalue weighted by Crippen LogP contribution is 2.19. The van der Waals surface area contributed by atoms with Crippen LogP contribution >= 0.6 is 0 Å². The molecule has 0 aliphatic rings. The van der Waals surface area contributed by atoms with Gasteiger partial charge in [-0.15, -0.1) is 0 Å². The molecule has 1 aromatic carbocycles. The summed E-state index contributed by atoms with van der Waals surface area (Å²) in [5.41, 5.74) is 0.967. The van der Waals surface area contributed by atoms with Crippen molar-refractivity contribution in [1.29, 1.82) is 0 Å². The number of rotatable bonds is 5. The monoisotopic (exact) mass is 334 g/mol. The lowest BCUT2D eigenvalue weighted by molar-refractivity contribution is 0.461. The molecule has 1 atom stereocenters. The SMILES string of the molecule is CC(CCn1cnc2cc(S(=O)(=O)O)ccc21)S(=O)(=O)O. The Kier molecular flexibility index (Phi) is 4.06. The Morgan fingerprint density at radius 2 is 1.90 bits per heavy atom. The minimum Gasteiger partial charge on any atom is -0.331 e. The number of benzene rings is 1. The normalized spacial score (nSPS) is 14.4. The first-order chi connectivity index (χ1) is 9.59. The predicted octanol–water partition coefficient (Wildman–Crippen LogP) is 0.949. The Hall–Kier alpha value is -1.49. The van der Waals surface area contributed by atoms with Gasteiger partial charge in [-0.25, -0.2) is 4.98 Å². The van der Waals surface area contributed by atoms with Crippen molar-refractivity contribution in [3.05, 3.63) is 24.5 Å². The molecule has 21 heavy (non-hydrogen) atoms. The van der Waals surface area contributed by atoms with Gasteiger partial charge < -0.3 is 4.57 Å². The zero-order chi connectivity index (χ0) is 15.8. The van der Waals surface area contributed by atoms with Crippen LogP contribution in [0.1, 0.15) is 13.3 Å². The third-order valence-corrected chi connectivity index (χ3v) is 5.28. The molecule has 0 radical (unpaired) electrons. The minimum absolute atomic E-state index is 0.185. The van der Waals surface area contributed by atoms with Gasteiger partial charge in [0.1, 0.15) is 0 Å². The van der Waals surface area contributed by atoms with Crippen molar-refractivity contribution >= 4 is 31.3 Å². The van der Waals surface area contributed by atoms with Crippen LogP contribution in [0.4, 0.5) is 0 Å². The van der Waals surface area contributed by atoms with Crippen molar-refractivity contribution in [2.75, 3.05) is 0 Å². The maximum atomic E-state index is 11.0. The van der Waals surface area contributed by atoms with Crippen molar-refractivity contribution < 1.29 is 25.9 Å². The minimum atomic E-state index is -4.29. The molecular formula is C11H14N2O6S2. The fraction of sp³-hybridized carbons (Fsp3) is 0.364. The average Bonchev–Trinajstić information content (AvgIpc) is 2.76. The maximum absolute atomic E-state index is 11.0. The van der Waals surface area contributed by atoms with E-state index in [4.69, 9.17) is 9.11 Å². The summed E-state index contributed by atoms with van der Waals surface area (Å²) in [5, 5.41) is -0.910. The zero-order valence-electron chi connectivity index (χ0n) is 11.0. The molecule has 2 N–H and O–H groups in total. The molecule has 0 saturated carbocycles. The molecule has 2 aromatic rings. The van der Waals surface area contributed by atoms with E-state index in [0.29, 0.717) is 17.6 Å². The van der Waals surface area contributed by atoms with Crippen molar-refractivity contribution in [3.8, 4) is 0 Å². The summed E-state index contributed by atoms with van der Waals surface area (Å²) in [7, 11) is -8.37. The Morgan fingerprint density at radius 1 is 1.24 bits per heavy atom. The number of imidazole rings is 1. The molecule has 0 saturated heterocycles. The molecule has 0 fully saturated rings. The zero-order valence-corrected chi connectivity index (χ0v) is 12.7. The van der Waals surface area contributed by atoms with Crippen LogP contribution in [0.25, 0.3) is 11.0 Å². The third-order valence-electron chi connectivity index (χ3n) is 3.18. The molecule has 2 rings (SSSR count). The smallest absolute Gasteiger partial charge is 0.294 e. The highest BCUT2D eigenvalue weighted by molar-refractivity contribution is 7.86. The predicted molar refractivity (Wildman–Crippen MR) is 75.2 cm³/mol. The van der Waals surface area contributed by atoms with E-state index in [1.807, 2.05) is 0 Å². The molecule has 0 bridgehead atoms. The van der Waals surface area contributed by atoms with Crippen LogP contribution in [0.5, 0.6) is 0 Å². The first-order valence-electron chi connectivity index (χ1n) is 5.98. The second-order valence-electron chi connectivity index (χ2n) is 4.68. The van der Waals surface area contributed by atoms with Gasteiger partial charge in [0.25, 0.3) is 20.2 Å². The number of aryl methyl sites for hydroxylation is 1. The Balaban J connectivity index is 2.27. The highest BCUT2D eigenvalue weighted by Gasteiger charge is 2.18. The van der Waals surface area contributed by atoms with Crippen molar-refractivity contribution in [1.82, 2.24) is 9.55 Å². The summed E-state index contributed by atoms with van der Waals surface area (Å²) in [6, 6.07) is 3.94. The third kappa shape index (κ3) is 3.59. The summed E-state index contributed by atoms with van der Waals surface area (Å²) >= 11 is 0. The molecule has 0 spiro atoms. The molecule has 0 aliphatic carbocycles. The van der Waals surface area contributed by atoms with Crippen molar-refractivity contribution in [2.45, 2.75) is 30.0 Å². The molecule has 8 nitrogen and oxygen atoms in total. The summed E-state index contributed by atoms with van der Waals surface area (Å²) in [5.74, 6) is 0. The molecule has 1 unspecified atom stereocenters. The van der Waals surface area contributed by atoms with Gasteiger partial charge in [-0.1, -0.05) is 0 Å². The average molecular weight is 334 g/mol. The molecule has 0 aliphatic heterocycles. The van der Waals surface area contributed by atoms with Crippen molar-refractivity contribution in [3.63, 3.8) is 0 Å². The van der Waals surface area contributed by atoms with Gasteiger partial charge in [0.2, 0.25) is 0 Å². The highest BCUT2D eigenvalue weighted by atomic mass is 32.2. The second-order valence-corrected chi connectivity index (χ2v) is 7.93. The fourth-order valence-electron chi connectivity index (χ4n) is 1.85. The number of fused-ring (bicyclic) bond motifs is 1. The standard InChI is InChI=1S/C11H14N2O6S2/c1-8(20(14,15)16)4-5-13-7-12-10-6-9(21(17,18)19)2-3-11(10)13/h2-3,6-8H,4-5H2,1H3,(H,14,15,16)(H,17,18,19). The number of hydrogen-bond donors (Lipinski definition) is 2. The largest absolute Gasteiger partial charge is 0.331 e. The van der Waals surface area contributed by atoms with Gasteiger partial charge in [0.05, 0.1) is 27.5 Å². The van der Waals surface area contributed by atoms with Crippen molar-refractivity contribution in [2.24, 2.45) is 0 Å². The molecule has 116 valence electrons. The van der Waals surface area contributed by atoms with E-state index in [2.05, 4.69) is 4.98 Å². The lowest BCUT2D eigenvalue weighted by Crippen LogP contribution is -2.18. The van der Waals surface area contributed by atoms with E-state index >= 15 is 0 Å². The molecule has 1 aromatic heterocycles. The van der Waals surface area contributed by atoms with Gasteiger partial charge in [0, 0.05) is 6.54 Å². The Bertz CT molecular complexity index is 869. The van der Waals surface area contributed by atoms with E-state index in [0.717, 1.165) is 0 Å². The Morgan fingerprint density at radius 3 is 2.48 bits per heavy atom. The second kappa shape index (κ2) is 5.37. The molecular weight excluding hydrogens is 320 g/mol. The van der Waals surface area contributed by atoms with E-state index in [-0.39, 0.29) is 11.3 Å². The topological polar surface area (TPSA) is 127 Å². The lowest BCUT2D eigenvalue weighted by atomic mass is 10.3. The van der Waals surface area contributed by atoms with E-state index < -0.39 is 25.5 Å². The maximum Gasteiger partial charge on any atom is 0.294 e. The number of aromatic nitrogens is 2. The van der Waals surface area contributed by atoms with Gasteiger partial charge in [-0.2, -0.15) is 16.8 Å². The van der Waals surface area contributed by atoms with Crippen LogP contribution in [0.3, 0.4) is 0 Å². The molecule has 0 amide bonds.